The van der Waals surface area contributed by atoms with E-state index >= 15 is 0 Å². The van der Waals surface area contributed by atoms with E-state index in [0.29, 0.717) is 12.4 Å². The van der Waals surface area contributed by atoms with Gasteiger partial charge in [-0.2, -0.15) is 0 Å². The molecule has 0 radical (unpaired) electrons. The maximum Gasteiger partial charge on any atom is 0.327 e. The molecule has 3 heterocycles. The average molecular weight is 277 g/mol. The normalized spacial score (nSPS) is 22.9. The van der Waals surface area contributed by atoms with Crippen LogP contribution >= 0.6 is 0 Å². The van der Waals surface area contributed by atoms with Gasteiger partial charge in [0.1, 0.15) is 18.3 Å². The molecule has 108 valence electrons. The maximum absolute atomic E-state index is 12.2. The highest BCUT2D eigenvalue weighted by molar-refractivity contribution is 6.04. The van der Waals surface area contributed by atoms with Gasteiger partial charge in [-0.05, 0) is 12.8 Å². The van der Waals surface area contributed by atoms with Crippen LogP contribution in [0, 0.1) is 0 Å². The van der Waals surface area contributed by atoms with Crippen LogP contribution in [0.2, 0.25) is 0 Å². The molecule has 1 aromatic heterocycles. The molecule has 2 fully saturated rings. The minimum absolute atomic E-state index is 0.122. The topological polar surface area (TPSA) is 66.7 Å². The predicted molar refractivity (Wildman–Crippen MR) is 70.9 cm³/mol. The number of hydrogen-bond donors (Lipinski definition) is 0. The summed E-state index contributed by atoms with van der Waals surface area (Å²) in [5.74, 6) is 1.05. The van der Waals surface area contributed by atoms with Crippen molar-refractivity contribution in [2.75, 3.05) is 6.54 Å². The number of hydrogen-bond acceptors (Lipinski definition) is 4. The van der Waals surface area contributed by atoms with Crippen molar-refractivity contribution in [1.29, 1.82) is 0 Å². The van der Waals surface area contributed by atoms with Crippen LogP contribution < -0.4 is 0 Å². The minimum Gasteiger partial charge on any atom is -0.443 e. The van der Waals surface area contributed by atoms with Gasteiger partial charge in [-0.3, -0.25) is 9.69 Å². The quantitative estimate of drug-likeness (QED) is 0.774. The van der Waals surface area contributed by atoms with E-state index in [1.807, 2.05) is 20.8 Å². The Balaban J connectivity index is 1.77. The molecule has 1 atom stereocenters. The maximum atomic E-state index is 12.2. The molecule has 0 aliphatic carbocycles. The van der Waals surface area contributed by atoms with Crippen molar-refractivity contribution in [2.45, 2.75) is 51.6 Å². The van der Waals surface area contributed by atoms with Crippen molar-refractivity contribution in [3.63, 3.8) is 0 Å². The minimum atomic E-state index is -0.264. The molecule has 6 nitrogen and oxygen atoms in total. The Morgan fingerprint density at radius 2 is 2.15 bits per heavy atom. The van der Waals surface area contributed by atoms with E-state index in [-0.39, 0.29) is 29.9 Å². The Morgan fingerprint density at radius 1 is 1.40 bits per heavy atom. The Labute approximate surface area is 117 Å². The van der Waals surface area contributed by atoms with Gasteiger partial charge in [0.05, 0.1) is 6.20 Å². The molecule has 2 aliphatic rings. The molecule has 2 aliphatic heterocycles. The van der Waals surface area contributed by atoms with Crippen molar-refractivity contribution < 1.29 is 14.0 Å². The molecular formula is C14H19N3O3. The molecule has 0 spiro atoms. The van der Waals surface area contributed by atoms with E-state index in [0.717, 1.165) is 18.6 Å². The summed E-state index contributed by atoms with van der Waals surface area (Å²) in [6.07, 6.45) is 3.34. The van der Waals surface area contributed by atoms with Crippen LogP contribution in [0.5, 0.6) is 0 Å². The summed E-state index contributed by atoms with van der Waals surface area (Å²) >= 11 is 0. The highest BCUT2D eigenvalue weighted by Gasteiger charge is 2.47. The Kier molecular flexibility index (Phi) is 2.84. The Morgan fingerprint density at radius 3 is 2.75 bits per heavy atom. The van der Waals surface area contributed by atoms with Gasteiger partial charge in [0.25, 0.3) is 5.91 Å². The van der Waals surface area contributed by atoms with E-state index in [1.165, 1.54) is 4.90 Å². The SMILES string of the molecule is CC(C)(C)c1cnc(CN2C(=O)[C@@H]3CCCN3C2=O)o1. The fourth-order valence-electron chi connectivity index (χ4n) is 2.69. The van der Waals surface area contributed by atoms with Crippen molar-refractivity contribution in [1.82, 2.24) is 14.8 Å². The van der Waals surface area contributed by atoms with Gasteiger partial charge in [-0.1, -0.05) is 20.8 Å². The van der Waals surface area contributed by atoms with Crippen LogP contribution in [0.15, 0.2) is 10.6 Å². The highest BCUT2D eigenvalue weighted by Crippen LogP contribution is 2.29. The number of rotatable bonds is 2. The second kappa shape index (κ2) is 4.33. The van der Waals surface area contributed by atoms with Crippen LogP contribution in [0.25, 0.3) is 0 Å². The van der Waals surface area contributed by atoms with E-state index in [4.69, 9.17) is 4.42 Å². The van der Waals surface area contributed by atoms with Gasteiger partial charge in [0, 0.05) is 12.0 Å². The third-order valence-corrected chi connectivity index (χ3v) is 3.87. The molecule has 0 bridgehead atoms. The zero-order chi connectivity index (χ0) is 14.5. The fraction of sp³-hybridized carbons (Fsp3) is 0.643. The zero-order valence-electron chi connectivity index (χ0n) is 12.0. The molecule has 0 N–H and O–H groups in total. The number of fused-ring (bicyclic) bond motifs is 1. The first-order valence-corrected chi connectivity index (χ1v) is 6.95. The summed E-state index contributed by atoms with van der Waals surface area (Å²) in [7, 11) is 0. The van der Waals surface area contributed by atoms with Gasteiger partial charge in [-0.25, -0.2) is 9.78 Å². The van der Waals surface area contributed by atoms with Crippen LogP contribution in [0.1, 0.15) is 45.3 Å². The van der Waals surface area contributed by atoms with Crippen molar-refractivity contribution >= 4 is 11.9 Å². The molecule has 3 amide bonds. The second-order valence-corrected chi connectivity index (χ2v) is 6.43. The van der Waals surface area contributed by atoms with Crippen molar-refractivity contribution in [3.05, 3.63) is 17.8 Å². The molecule has 3 rings (SSSR count). The van der Waals surface area contributed by atoms with Gasteiger partial charge >= 0.3 is 6.03 Å². The number of carbonyl (C=O) groups is 2. The molecule has 1 aromatic rings. The first-order chi connectivity index (χ1) is 9.38. The first-order valence-electron chi connectivity index (χ1n) is 6.95. The highest BCUT2D eigenvalue weighted by atomic mass is 16.4. The van der Waals surface area contributed by atoms with Gasteiger partial charge in [-0.15, -0.1) is 0 Å². The summed E-state index contributed by atoms with van der Waals surface area (Å²) in [6, 6.07) is -0.479. The molecule has 2 saturated heterocycles. The number of oxazole rings is 1. The number of amides is 3. The van der Waals surface area contributed by atoms with E-state index in [1.54, 1.807) is 11.1 Å². The summed E-state index contributed by atoms with van der Waals surface area (Å²) < 4.78 is 5.65. The molecule has 0 unspecified atom stereocenters. The standard InChI is InChI=1S/C14H19N3O3/c1-14(2,3)10-7-15-11(20-10)8-17-12(18)9-5-4-6-16(9)13(17)19/h7,9H,4-6,8H2,1-3H3/t9-/m0/s1. The van der Waals surface area contributed by atoms with Crippen LogP contribution in [-0.2, 0) is 16.8 Å². The molecule has 6 heteroatoms. The summed E-state index contributed by atoms with van der Waals surface area (Å²) in [5.41, 5.74) is -0.135. The van der Waals surface area contributed by atoms with Gasteiger partial charge in [0.15, 0.2) is 0 Å². The average Bonchev–Trinajstić information content (AvgIpc) is 3.05. The van der Waals surface area contributed by atoms with Crippen LogP contribution in [0.3, 0.4) is 0 Å². The molecule has 20 heavy (non-hydrogen) atoms. The zero-order valence-corrected chi connectivity index (χ0v) is 12.0. The van der Waals surface area contributed by atoms with E-state index < -0.39 is 0 Å². The second-order valence-electron chi connectivity index (χ2n) is 6.43. The van der Waals surface area contributed by atoms with Crippen molar-refractivity contribution in [3.8, 4) is 0 Å². The molecule has 0 saturated carbocycles. The van der Waals surface area contributed by atoms with Gasteiger partial charge < -0.3 is 9.32 Å². The fourth-order valence-corrected chi connectivity index (χ4v) is 2.69. The lowest BCUT2D eigenvalue weighted by molar-refractivity contribution is -0.128. The monoisotopic (exact) mass is 277 g/mol. The number of urea groups is 1. The van der Waals surface area contributed by atoms with E-state index in [2.05, 4.69) is 4.98 Å². The number of imide groups is 1. The van der Waals surface area contributed by atoms with Gasteiger partial charge in [0.2, 0.25) is 5.89 Å². The lowest BCUT2D eigenvalue weighted by Gasteiger charge is -2.15. The Hall–Kier alpha value is -1.85. The van der Waals surface area contributed by atoms with Crippen LogP contribution in [0.4, 0.5) is 4.79 Å². The van der Waals surface area contributed by atoms with E-state index in [9.17, 15) is 9.59 Å². The molecule has 0 aromatic carbocycles. The lowest BCUT2D eigenvalue weighted by Crippen LogP contribution is -2.32. The lowest BCUT2D eigenvalue weighted by atomic mass is 9.94. The molecular weight excluding hydrogens is 258 g/mol. The Bertz CT molecular complexity index is 536. The first kappa shape index (κ1) is 13.1. The summed E-state index contributed by atoms with van der Waals surface area (Å²) in [5, 5.41) is 0. The number of nitrogens with zero attached hydrogens (tertiary/aromatic N) is 3. The smallest absolute Gasteiger partial charge is 0.327 e. The summed E-state index contributed by atoms with van der Waals surface area (Å²) in [6.45, 7) is 6.88. The van der Waals surface area contributed by atoms with Crippen LogP contribution in [-0.4, -0.2) is 39.3 Å². The predicted octanol–water partition coefficient (Wildman–Crippen LogP) is 1.90. The summed E-state index contributed by atoms with van der Waals surface area (Å²) in [4.78, 5) is 31.4. The third-order valence-electron chi connectivity index (χ3n) is 3.87. The third kappa shape index (κ3) is 1.99. The number of carbonyl (C=O) groups excluding carboxylic acids is 2. The number of aromatic nitrogens is 1. The largest absolute Gasteiger partial charge is 0.443 e. The van der Waals surface area contributed by atoms with Crippen molar-refractivity contribution in [2.24, 2.45) is 0 Å².